The Morgan fingerprint density at radius 2 is 2.09 bits per heavy atom. The number of carboxylic acids is 1. The van der Waals surface area contributed by atoms with E-state index < -0.39 is 17.3 Å². The van der Waals surface area contributed by atoms with Gasteiger partial charge in [0.05, 0.1) is 17.7 Å². The Morgan fingerprint density at radius 3 is 2.64 bits per heavy atom. The number of nitrogens with zero attached hydrogens (tertiary/aromatic N) is 1. The van der Waals surface area contributed by atoms with E-state index in [9.17, 15) is 14.7 Å². The van der Waals surface area contributed by atoms with Gasteiger partial charge in [0.2, 0.25) is 5.91 Å². The third-order valence-electron chi connectivity index (χ3n) is 3.85. The van der Waals surface area contributed by atoms with Crippen molar-refractivity contribution in [2.24, 2.45) is 5.92 Å². The van der Waals surface area contributed by atoms with Crippen molar-refractivity contribution in [3.8, 4) is 0 Å². The zero-order valence-corrected chi connectivity index (χ0v) is 14.1. The summed E-state index contributed by atoms with van der Waals surface area (Å²) in [6.45, 7) is 0.198. The van der Waals surface area contributed by atoms with Gasteiger partial charge in [0.25, 0.3) is 0 Å². The van der Waals surface area contributed by atoms with Crippen LogP contribution in [0.2, 0.25) is 0 Å². The van der Waals surface area contributed by atoms with Crippen LogP contribution in [0.4, 0.5) is 0 Å². The molecule has 0 bridgehead atoms. The van der Waals surface area contributed by atoms with Crippen molar-refractivity contribution in [1.82, 2.24) is 10.3 Å². The van der Waals surface area contributed by atoms with Crippen molar-refractivity contribution in [3.05, 3.63) is 54.2 Å². The number of carboxylic acid groups (broad SMARTS) is 1. The van der Waals surface area contributed by atoms with E-state index in [1.54, 1.807) is 24.3 Å². The molecule has 2 atom stereocenters. The smallest absolute Gasteiger partial charge is 0.550 e. The van der Waals surface area contributed by atoms with Crippen LogP contribution < -0.4 is 40.0 Å². The molecule has 1 amide bonds. The number of hydrogen-bond donors (Lipinski definition) is 1. The van der Waals surface area contributed by atoms with E-state index in [0.29, 0.717) is 11.3 Å². The predicted molar refractivity (Wildman–Crippen MR) is 69.6 cm³/mol. The van der Waals surface area contributed by atoms with E-state index in [4.69, 9.17) is 4.42 Å². The Hall–Kier alpha value is -1.63. The molecule has 1 heterocycles. The number of aliphatic carboxylic acids is 1. The fourth-order valence-electron chi connectivity index (χ4n) is 2.64. The van der Waals surface area contributed by atoms with Crippen LogP contribution in [-0.2, 0) is 21.5 Å². The molecule has 1 aromatic carbocycles. The predicted octanol–water partition coefficient (Wildman–Crippen LogP) is -3.00. The Morgan fingerprint density at radius 1 is 1.36 bits per heavy atom. The van der Waals surface area contributed by atoms with Crippen LogP contribution in [0.15, 0.2) is 47.4 Å². The molecule has 3 rings (SSSR count). The summed E-state index contributed by atoms with van der Waals surface area (Å²) in [6, 6.07) is 8.91. The summed E-state index contributed by atoms with van der Waals surface area (Å²) in [7, 11) is 0. The van der Waals surface area contributed by atoms with Crippen molar-refractivity contribution in [2.45, 2.75) is 18.4 Å². The largest absolute Gasteiger partial charge is 1.00 e. The van der Waals surface area contributed by atoms with Gasteiger partial charge in [0, 0.05) is 11.9 Å². The molecule has 0 spiro atoms. The minimum absolute atomic E-state index is 0. The molecule has 1 aliphatic rings. The minimum atomic E-state index is -1.20. The van der Waals surface area contributed by atoms with Crippen LogP contribution in [0, 0.1) is 5.92 Å². The number of carbonyl (C=O) groups excluding carboxylic acids is 2. The molecule has 0 radical (unpaired) electrons. The van der Waals surface area contributed by atoms with Gasteiger partial charge in [-0.15, -0.1) is 0 Å². The first-order valence-corrected chi connectivity index (χ1v) is 6.56. The van der Waals surface area contributed by atoms with Gasteiger partial charge >= 0.3 is 29.6 Å². The first kappa shape index (κ1) is 16.7. The van der Waals surface area contributed by atoms with E-state index in [1.165, 1.54) is 12.7 Å². The molecule has 1 aromatic heterocycles. The standard InChI is InChI=1S/C15H14N2O4.Na/c18-13(19)12-6-15(12,10-4-2-1-3-5-10)14(20)16-7-11-8-21-9-17-11;/h1-5,8-9,12H,6-7H2,(H,16,20)(H,18,19);/q;+1/p-1. The maximum absolute atomic E-state index is 12.5. The second kappa shape index (κ2) is 6.64. The van der Waals surface area contributed by atoms with Crippen molar-refractivity contribution >= 4 is 11.9 Å². The van der Waals surface area contributed by atoms with E-state index in [1.807, 2.05) is 6.07 Å². The Balaban J connectivity index is 0.00000176. The van der Waals surface area contributed by atoms with Gasteiger partial charge in [-0.1, -0.05) is 30.3 Å². The average molecular weight is 308 g/mol. The molecular formula is C15H13N2NaO4. The molecule has 2 aromatic rings. The van der Waals surface area contributed by atoms with Crippen molar-refractivity contribution in [3.63, 3.8) is 0 Å². The van der Waals surface area contributed by atoms with Gasteiger partial charge in [0.15, 0.2) is 6.39 Å². The van der Waals surface area contributed by atoms with Crippen LogP contribution >= 0.6 is 0 Å². The van der Waals surface area contributed by atoms with Crippen LogP contribution in [0.3, 0.4) is 0 Å². The summed E-state index contributed by atoms with van der Waals surface area (Å²) in [5.41, 5.74) is 0.234. The molecule has 1 N–H and O–H groups in total. The number of carbonyl (C=O) groups is 2. The molecule has 0 aliphatic heterocycles. The average Bonchev–Trinajstić information content (AvgIpc) is 3.07. The molecule has 1 saturated carbocycles. The van der Waals surface area contributed by atoms with E-state index in [2.05, 4.69) is 10.3 Å². The van der Waals surface area contributed by atoms with Crippen LogP contribution in [-0.4, -0.2) is 16.9 Å². The van der Waals surface area contributed by atoms with Crippen molar-refractivity contribution in [2.75, 3.05) is 0 Å². The van der Waals surface area contributed by atoms with Gasteiger partial charge in [-0.25, -0.2) is 4.98 Å². The molecule has 1 aliphatic carbocycles. The van der Waals surface area contributed by atoms with Gasteiger partial charge in [0.1, 0.15) is 6.26 Å². The second-order valence-corrected chi connectivity index (χ2v) is 5.08. The van der Waals surface area contributed by atoms with Gasteiger partial charge in [-0.05, 0) is 12.0 Å². The van der Waals surface area contributed by atoms with Gasteiger partial charge < -0.3 is 19.6 Å². The molecule has 7 heteroatoms. The fourth-order valence-corrected chi connectivity index (χ4v) is 2.64. The van der Waals surface area contributed by atoms with E-state index in [0.717, 1.165) is 0 Å². The number of hydrogen-bond acceptors (Lipinski definition) is 5. The van der Waals surface area contributed by atoms with Crippen LogP contribution in [0.25, 0.3) is 0 Å². The monoisotopic (exact) mass is 308 g/mol. The van der Waals surface area contributed by atoms with Crippen molar-refractivity contribution in [1.29, 1.82) is 0 Å². The molecule has 1 fully saturated rings. The molecule has 2 unspecified atom stereocenters. The second-order valence-electron chi connectivity index (χ2n) is 5.08. The molecule has 108 valence electrons. The van der Waals surface area contributed by atoms with Gasteiger partial charge in [-0.3, -0.25) is 4.79 Å². The molecule has 6 nitrogen and oxygen atoms in total. The normalized spacial score (nSPS) is 22.5. The summed E-state index contributed by atoms with van der Waals surface area (Å²) >= 11 is 0. The third-order valence-corrected chi connectivity index (χ3v) is 3.85. The Labute approximate surface area is 149 Å². The van der Waals surface area contributed by atoms with E-state index in [-0.39, 0.29) is 48.4 Å². The third kappa shape index (κ3) is 2.95. The number of rotatable bonds is 5. The number of amides is 1. The molecule has 22 heavy (non-hydrogen) atoms. The Kier molecular flexibility index (Phi) is 5.05. The fraction of sp³-hybridized carbons (Fsp3) is 0.267. The van der Waals surface area contributed by atoms with Crippen LogP contribution in [0.5, 0.6) is 0 Å². The summed E-state index contributed by atoms with van der Waals surface area (Å²) in [5, 5.41) is 13.9. The zero-order valence-electron chi connectivity index (χ0n) is 12.1. The van der Waals surface area contributed by atoms with Gasteiger partial charge in [-0.2, -0.15) is 0 Å². The van der Waals surface area contributed by atoms with E-state index >= 15 is 0 Å². The molecular weight excluding hydrogens is 295 g/mol. The summed E-state index contributed by atoms with van der Waals surface area (Å²) in [5.74, 6) is -2.32. The van der Waals surface area contributed by atoms with Crippen molar-refractivity contribution < 1.29 is 48.7 Å². The first-order chi connectivity index (χ1) is 10.1. The SMILES string of the molecule is O=C([O-])C1CC1(C(=O)NCc1cocn1)c1ccccc1.[Na+]. The first-order valence-electron chi connectivity index (χ1n) is 6.56. The summed E-state index contributed by atoms with van der Waals surface area (Å²) < 4.78 is 4.83. The van der Waals surface area contributed by atoms with Crippen LogP contribution in [0.1, 0.15) is 17.7 Å². The molecule has 0 saturated heterocycles. The quantitative estimate of drug-likeness (QED) is 0.594. The summed E-state index contributed by atoms with van der Waals surface area (Å²) in [6.07, 6.45) is 2.96. The number of aromatic nitrogens is 1. The number of nitrogens with one attached hydrogen (secondary N) is 1. The summed E-state index contributed by atoms with van der Waals surface area (Å²) in [4.78, 5) is 27.6. The zero-order chi connectivity index (χ0) is 14.9. The maximum atomic E-state index is 12.5. The maximum Gasteiger partial charge on any atom is 1.00 e. The number of oxazole rings is 1. The Bertz CT molecular complexity index is 659. The topological polar surface area (TPSA) is 95.3 Å². The number of benzene rings is 1. The minimum Gasteiger partial charge on any atom is -0.550 e.